The fourth-order valence-corrected chi connectivity index (χ4v) is 2.12. The maximum Gasteiger partial charge on any atom is 0.248 e. The highest BCUT2D eigenvalue weighted by Crippen LogP contribution is 2.17. The van der Waals surface area contributed by atoms with Crippen LogP contribution >= 0.6 is 11.6 Å². The predicted octanol–water partition coefficient (Wildman–Crippen LogP) is 3.35. The first-order valence-corrected chi connectivity index (χ1v) is 7.17. The summed E-state index contributed by atoms with van der Waals surface area (Å²) >= 11 is 6.11. The highest BCUT2D eigenvalue weighted by Gasteiger charge is 2.05. The van der Waals surface area contributed by atoms with Crippen LogP contribution in [0.1, 0.15) is 49.0 Å². The smallest absolute Gasteiger partial charge is 0.248 e. The standard InChI is InChI=1S/C15H23ClN2O/c1-11(2)5-3-4-8-18-10-13-7-6-12(15(17)19)9-14(13)16/h6-7,9,11,18H,3-5,8,10H2,1-2H3,(H2,17,19). The first-order valence-electron chi connectivity index (χ1n) is 6.79. The molecule has 0 aliphatic heterocycles. The van der Waals surface area contributed by atoms with E-state index in [1.54, 1.807) is 12.1 Å². The summed E-state index contributed by atoms with van der Waals surface area (Å²) in [5.74, 6) is 0.325. The van der Waals surface area contributed by atoms with Crippen LogP contribution in [-0.4, -0.2) is 12.5 Å². The second kappa shape index (κ2) is 8.18. The Labute approximate surface area is 120 Å². The lowest BCUT2D eigenvalue weighted by Gasteiger charge is -2.08. The molecule has 0 bridgehead atoms. The molecule has 3 nitrogen and oxygen atoms in total. The van der Waals surface area contributed by atoms with Gasteiger partial charge in [0.15, 0.2) is 0 Å². The maximum atomic E-state index is 11.0. The van der Waals surface area contributed by atoms with Gasteiger partial charge in [-0.3, -0.25) is 4.79 Å². The molecule has 0 unspecified atom stereocenters. The van der Waals surface area contributed by atoms with Gasteiger partial charge in [-0.2, -0.15) is 0 Å². The van der Waals surface area contributed by atoms with E-state index in [0.29, 0.717) is 10.6 Å². The van der Waals surface area contributed by atoms with Crippen molar-refractivity contribution in [3.63, 3.8) is 0 Å². The lowest BCUT2D eigenvalue weighted by molar-refractivity contribution is 0.100. The Morgan fingerprint density at radius 3 is 2.68 bits per heavy atom. The second-order valence-corrected chi connectivity index (χ2v) is 5.64. The van der Waals surface area contributed by atoms with Gasteiger partial charge < -0.3 is 11.1 Å². The minimum atomic E-state index is -0.449. The molecule has 0 spiro atoms. The number of primary amides is 1. The van der Waals surface area contributed by atoms with Crippen LogP contribution in [0.4, 0.5) is 0 Å². The van der Waals surface area contributed by atoms with E-state index in [4.69, 9.17) is 17.3 Å². The topological polar surface area (TPSA) is 55.1 Å². The van der Waals surface area contributed by atoms with Crippen molar-refractivity contribution < 1.29 is 4.79 Å². The highest BCUT2D eigenvalue weighted by molar-refractivity contribution is 6.31. The number of rotatable bonds is 8. The number of carbonyl (C=O) groups is 1. The number of hydrogen-bond acceptors (Lipinski definition) is 2. The van der Waals surface area contributed by atoms with Crippen molar-refractivity contribution in [3.8, 4) is 0 Å². The van der Waals surface area contributed by atoms with Gasteiger partial charge in [0.2, 0.25) is 5.91 Å². The van der Waals surface area contributed by atoms with Crippen LogP contribution in [0.15, 0.2) is 18.2 Å². The van der Waals surface area contributed by atoms with Gasteiger partial charge in [0.1, 0.15) is 0 Å². The molecule has 1 rings (SSSR count). The van der Waals surface area contributed by atoms with Crippen molar-refractivity contribution in [3.05, 3.63) is 34.3 Å². The Hall–Kier alpha value is -1.06. The summed E-state index contributed by atoms with van der Waals surface area (Å²) in [4.78, 5) is 11.0. The first kappa shape index (κ1) is 16.0. The first-order chi connectivity index (χ1) is 9.00. The number of nitrogens with two attached hydrogens (primary N) is 1. The Morgan fingerprint density at radius 2 is 2.11 bits per heavy atom. The molecule has 1 amide bonds. The number of halogens is 1. The zero-order valence-electron chi connectivity index (χ0n) is 11.7. The predicted molar refractivity (Wildman–Crippen MR) is 80.4 cm³/mol. The molecule has 0 atom stereocenters. The summed E-state index contributed by atoms with van der Waals surface area (Å²) in [6, 6.07) is 5.19. The number of unbranched alkanes of at least 4 members (excludes halogenated alkanes) is 1. The van der Waals surface area contributed by atoms with Gasteiger partial charge in [-0.1, -0.05) is 44.4 Å². The van der Waals surface area contributed by atoms with Gasteiger partial charge in [-0.25, -0.2) is 0 Å². The van der Waals surface area contributed by atoms with Gasteiger partial charge in [-0.15, -0.1) is 0 Å². The molecule has 19 heavy (non-hydrogen) atoms. The van der Waals surface area contributed by atoms with E-state index < -0.39 is 5.91 Å². The van der Waals surface area contributed by atoms with Crippen LogP contribution < -0.4 is 11.1 Å². The van der Waals surface area contributed by atoms with Gasteiger partial charge in [0.25, 0.3) is 0 Å². The molecule has 1 aromatic carbocycles. The molecule has 0 saturated carbocycles. The lowest BCUT2D eigenvalue weighted by atomic mass is 10.1. The number of carbonyl (C=O) groups excluding carboxylic acids is 1. The zero-order chi connectivity index (χ0) is 14.3. The van der Waals surface area contributed by atoms with E-state index in [2.05, 4.69) is 19.2 Å². The Balaban J connectivity index is 2.32. The summed E-state index contributed by atoms with van der Waals surface area (Å²) in [6.45, 7) is 6.20. The highest BCUT2D eigenvalue weighted by atomic mass is 35.5. The molecule has 4 heteroatoms. The monoisotopic (exact) mass is 282 g/mol. The summed E-state index contributed by atoms with van der Waals surface area (Å²) in [5.41, 5.74) is 6.64. The van der Waals surface area contributed by atoms with Gasteiger partial charge in [0.05, 0.1) is 0 Å². The minimum Gasteiger partial charge on any atom is -0.366 e. The van der Waals surface area contributed by atoms with E-state index >= 15 is 0 Å². The van der Waals surface area contributed by atoms with Crippen LogP contribution in [0.25, 0.3) is 0 Å². The average molecular weight is 283 g/mol. The van der Waals surface area contributed by atoms with E-state index in [-0.39, 0.29) is 0 Å². The van der Waals surface area contributed by atoms with E-state index in [9.17, 15) is 4.79 Å². The SMILES string of the molecule is CC(C)CCCCNCc1ccc(C(N)=O)cc1Cl. The van der Waals surface area contributed by atoms with Crippen molar-refractivity contribution in [2.75, 3.05) is 6.54 Å². The number of hydrogen-bond donors (Lipinski definition) is 2. The van der Waals surface area contributed by atoms with Gasteiger partial charge in [-0.05, 0) is 36.6 Å². The molecule has 3 N–H and O–H groups in total. The fourth-order valence-electron chi connectivity index (χ4n) is 1.87. The third kappa shape index (κ3) is 6.08. The summed E-state index contributed by atoms with van der Waals surface area (Å²) in [5, 5.41) is 3.95. The lowest BCUT2D eigenvalue weighted by Crippen LogP contribution is -2.16. The van der Waals surface area contributed by atoms with Crippen molar-refractivity contribution in [1.82, 2.24) is 5.32 Å². The molecule has 1 aromatic rings. The second-order valence-electron chi connectivity index (χ2n) is 5.24. The number of nitrogens with one attached hydrogen (secondary N) is 1. The third-order valence-corrected chi connectivity index (χ3v) is 3.39. The van der Waals surface area contributed by atoms with Crippen molar-refractivity contribution in [2.24, 2.45) is 11.7 Å². The van der Waals surface area contributed by atoms with Crippen molar-refractivity contribution >= 4 is 17.5 Å². The molecule has 0 aromatic heterocycles. The molecule has 0 aliphatic carbocycles. The van der Waals surface area contributed by atoms with Crippen LogP contribution in [0.2, 0.25) is 5.02 Å². The Kier molecular flexibility index (Phi) is 6.89. The van der Waals surface area contributed by atoms with Crippen LogP contribution in [0.3, 0.4) is 0 Å². The van der Waals surface area contributed by atoms with Crippen LogP contribution in [-0.2, 0) is 6.54 Å². The third-order valence-electron chi connectivity index (χ3n) is 3.04. The quantitative estimate of drug-likeness (QED) is 0.719. The molecule has 0 saturated heterocycles. The largest absolute Gasteiger partial charge is 0.366 e. The van der Waals surface area contributed by atoms with E-state index in [1.165, 1.54) is 19.3 Å². The Bertz CT molecular complexity index is 419. The van der Waals surface area contributed by atoms with Gasteiger partial charge >= 0.3 is 0 Å². The fraction of sp³-hybridized carbons (Fsp3) is 0.533. The molecule has 106 valence electrons. The number of benzene rings is 1. The molecular weight excluding hydrogens is 260 g/mol. The van der Waals surface area contributed by atoms with Crippen molar-refractivity contribution in [1.29, 1.82) is 0 Å². The van der Waals surface area contributed by atoms with Gasteiger partial charge in [0, 0.05) is 17.1 Å². The molecule has 0 radical (unpaired) electrons. The molecule has 0 fully saturated rings. The Morgan fingerprint density at radius 1 is 1.37 bits per heavy atom. The maximum absolute atomic E-state index is 11.0. The number of amides is 1. The molecular formula is C15H23ClN2O. The summed E-state index contributed by atoms with van der Waals surface area (Å²) in [7, 11) is 0. The van der Waals surface area contributed by atoms with Crippen LogP contribution in [0.5, 0.6) is 0 Å². The van der Waals surface area contributed by atoms with E-state index in [1.807, 2.05) is 6.07 Å². The normalized spacial score (nSPS) is 10.9. The molecule has 0 heterocycles. The van der Waals surface area contributed by atoms with E-state index in [0.717, 1.165) is 24.6 Å². The average Bonchev–Trinajstić information content (AvgIpc) is 2.34. The summed E-state index contributed by atoms with van der Waals surface area (Å²) in [6.07, 6.45) is 3.70. The zero-order valence-corrected chi connectivity index (χ0v) is 12.5. The summed E-state index contributed by atoms with van der Waals surface area (Å²) < 4.78 is 0. The minimum absolute atomic E-state index is 0.449. The molecule has 0 aliphatic rings. The van der Waals surface area contributed by atoms with Crippen molar-refractivity contribution in [2.45, 2.75) is 39.7 Å². The van der Waals surface area contributed by atoms with Crippen LogP contribution in [0, 0.1) is 5.92 Å².